The second kappa shape index (κ2) is 19.5. The van der Waals surface area contributed by atoms with E-state index in [-0.39, 0.29) is 18.3 Å². The van der Waals surface area contributed by atoms with Gasteiger partial charge in [-0.25, -0.2) is 0 Å². The minimum Gasteiger partial charge on any atom is -0.412 e. The van der Waals surface area contributed by atoms with E-state index in [9.17, 15) is 4.79 Å². The Bertz CT molecular complexity index is 1060. The predicted octanol–water partition coefficient (Wildman–Crippen LogP) is 4.98. The number of hydrogen-bond acceptors (Lipinski definition) is 1. The van der Waals surface area contributed by atoms with Gasteiger partial charge in [0.1, 0.15) is 6.29 Å². The normalized spacial score (nSPS) is 7.00. The number of rotatable bonds is 5. The van der Waals surface area contributed by atoms with Crippen molar-refractivity contribution in [3.63, 3.8) is 0 Å². The van der Waals surface area contributed by atoms with Crippen molar-refractivity contribution in [3.8, 4) is 83.9 Å². The summed E-state index contributed by atoms with van der Waals surface area (Å²) in [7, 11) is 0. The Kier molecular flexibility index (Phi) is 18.2. The Morgan fingerprint density at radius 1 is 0.900 bits per heavy atom. The largest absolute Gasteiger partial charge is 0.412 e. The van der Waals surface area contributed by atoms with Gasteiger partial charge in [-0.3, -0.25) is 0 Å². The monoisotopic (exact) mass is 410 g/mol. The Morgan fingerprint density at radius 2 is 1.37 bits per heavy atom. The van der Waals surface area contributed by atoms with Gasteiger partial charge in [-0.1, -0.05) is 32.0 Å². The maximum absolute atomic E-state index is 10.3. The molecule has 1 aromatic carbocycles. The number of carbonyl (C=O) groups is 1. The van der Waals surface area contributed by atoms with Crippen molar-refractivity contribution in [2.24, 2.45) is 5.92 Å². The fourth-order valence-electron chi connectivity index (χ4n) is 2.17. The zero-order valence-electron chi connectivity index (χ0n) is 17.6. The summed E-state index contributed by atoms with van der Waals surface area (Å²) in [6.45, 7) is 6.59. The highest BCUT2D eigenvalue weighted by Gasteiger charge is 2.02. The summed E-state index contributed by atoms with van der Waals surface area (Å²) in [6.07, 6.45) is 13.3. The van der Waals surface area contributed by atoms with Gasteiger partial charge in [0.05, 0.1) is 0 Å². The Hall–Kier alpha value is -4.23. The van der Waals surface area contributed by atoms with Crippen LogP contribution in [0.3, 0.4) is 0 Å². The van der Waals surface area contributed by atoms with Gasteiger partial charge in [-0.2, -0.15) is 0 Å². The van der Waals surface area contributed by atoms with Gasteiger partial charge in [0.15, 0.2) is 0 Å². The maximum atomic E-state index is 10.3. The van der Waals surface area contributed by atoms with Crippen LogP contribution in [-0.4, -0.2) is 11.8 Å². The third-order valence-corrected chi connectivity index (χ3v) is 3.29. The van der Waals surface area contributed by atoms with E-state index in [1.54, 1.807) is 0 Å². The van der Waals surface area contributed by atoms with Crippen LogP contribution in [0.25, 0.3) is 0 Å². The second-order valence-electron chi connectivity index (χ2n) is 6.10. The maximum Gasteiger partial charge on any atom is 0.120 e. The molecule has 0 atom stereocenters. The molecule has 0 aliphatic carbocycles. The molecule has 0 aromatic heterocycles. The van der Waals surface area contributed by atoms with E-state index in [1.165, 1.54) is 16.7 Å². The van der Waals surface area contributed by atoms with Gasteiger partial charge in [-0.15, -0.1) is 12.8 Å². The predicted molar refractivity (Wildman–Crippen MR) is 143 cm³/mol. The highest BCUT2D eigenvalue weighted by Crippen LogP contribution is 2.15. The van der Waals surface area contributed by atoms with Gasteiger partial charge < -0.3 is 10.3 Å². The molecule has 0 fully saturated rings. The van der Waals surface area contributed by atoms with E-state index in [4.69, 9.17) is 12.8 Å². The molecular formula is C28H42O2. The van der Waals surface area contributed by atoms with Crippen molar-refractivity contribution in [3.05, 3.63) is 34.9 Å². The van der Waals surface area contributed by atoms with Crippen molar-refractivity contribution in [1.82, 2.24) is 0 Å². The van der Waals surface area contributed by atoms with Crippen LogP contribution in [-0.2, 0) is 17.6 Å². The molecule has 1 rings (SSSR count). The summed E-state index contributed by atoms with van der Waals surface area (Å²) in [4.78, 5) is 10.3. The van der Waals surface area contributed by atoms with Crippen LogP contribution in [0.4, 0.5) is 0 Å². The fraction of sp³-hybridized carbons (Fsp3) is 0.250. The summed E-state index contributed by atoms with van der Waals surface area (Å²) in [5.74, 6) is 29.0. The molecular weight excluding hydrogens is 368 g/mol. The van der Waals surface area contributed by atoms with Crippen LogP contribution in [0.5, 0.6) is 0 Å². The first-order valence-electron chi connectivity index (χ1n) is 8.98. The molecule has 0 aliphatic rings. The molecule has 2 heteroatoms. The molecule has 0 saturated heterocycles. The smallest absolute Gasteiger partial charge is 0.120 e. The molecule has 0 spiro atoms. The average Bonchev–Trinajstić information content (AvgIpc) is 2.69. The second-order valence-corrected chi connectivity index (χ2v) is 6.10. The lowest BCUT2D eigenvalue weighted by Crippen LogP contribution is -1.97. The van der Waals surface area contributed by atoms with Crippen LogP contribution in [0.2, 0.25) is 0 Å². The van der Waals surface area contributed by atoms with Crippen LogP contribution >= 0.6 is 0 Å². The summed E-state index contributed by atoms with van der Waals surface area (Å²) in [5.41, 5.74) is 4.02. The van der Waals surface area contributed by atoms with Crippen molar-refractivity contribution in [1.29, 1.82) is 0 Å². The molecule has 0 bridgehead atoms. The fourth-order valence-corrected chi connectivity index (χ4v) is 2.17. The van der Waals surface area contributed by atoms with Gasteiger partial charge >= 0.3 is 0 Å². The van der Waals surface area contributed by atoms with Gasteiger partial charge in [0, 0.05) is 19.3 Å². The van der Waals surface area contributed by atoms with E-state index in [1.807, 2.05) is 0 Å². The van der Waals surface area contributed by atoms with E-state index in [2.05, 4.69) is 110 Å². The topological polar surface area (TPSA) is 48.6 Å². The molecule has 1 aromatic rings. The first-order valence-corrected chi connectivity index (χ1v) is 8.98. The van der Waals surface area contributed by atoms with Crippen molar-refractivity contribution in [2.45, 2.75) is 40.0 Å². The zero-order valence-corrected chi connectivity index (χ0v) is 17.6. The molecule has 166 valence electrons. The highest BCUT2D eigenvalue weighted by atomic mass is 16.1. The van der Waals surface area contributed by atoms with Crippen molar-refractivity contribution in [2.75, 3.05) is 0 Å². The van der Waals surface area contributed by atoms with Crippen LogP contribution in [0, 0.1) is 96.7 Å². The lowest BCUT2D eigenvalue weighted by molar-refractivity contribution is -0.107. The molecule has 0 heterocycles. The molecule has 0 amide bonds. The molecule has 0 unspecified atom stereocenters. The lowest BCUT2D eigenvalue weighted by atomic mass is 9.97. The quantitative estimate of drug-likeness (QED) is 0.498. The number of benzene rings is 1. The number of aryl methyl sites for hydroxylation is 2. The Morgan fingerprint density at radius 3 is 1.73 bits per heavy atom. The van der Waals surface area contributed by atoms with Crippen molar-refractivity contribution < 1.29 is 23.1 Å². The first-order chi connectivity index (χ1) is 14.0. The summed E-state index contributed by atoms with van der Waals surface area (Å²) < 4.78 is 0. The minimum absolute atomic E-state index is 0. The average molecular weight is 411 g/mol. The van der Waals surface area contributed by atoms with Crippen LogP contribution < -0.4 is 0 Å². The number of terminal acetylenes is 2. The van der Waals surface area contributed by atoms with Gasteiger partial charge in [-0.05, 0) is 113 Å². The molecule has 30 heavy (non-hydrogen) atoms. The standard InChI is InChI=1S/C14H20O.C14H2.H2O.9H2/c1-11(2)9-13-6-7-14(5-4-8-15)12(3)10-13;1-3-5-7-9-11-13-14-12-10-8-6-4-2;;;;;;;;;;/h6-8,10-11H,4-5,9H2,1-3H3;1-2H;1H2;9*1H. The number of hydrogen-bond donors (Lipinski definition) is 0. The summed E-state index contributed by atoms with van der Waals surface area (Å²) in [6, 6.07) is 6.60. The molecule has 2 N–H and O–H groups in total. The first kappa shape index (κ1) is 28.0. The third kappa shape index (κ3) is 16.0. The van der Waals surface area contributed by atoms with E-state index in [0.29, 0.717) is 12.3 Å². The van der Waals surface area contributed by atoms with Crippen LogP contribution in [0.15, 0.2) is 18.2 Å². The number of carbonyl (C=O) groups excluding carboxylic acids is 1. The molecule has 0 saturated carbocycles. The van der Waals surface area contributed by atoms with E-state index >= 15 is 0 Å². The lowest BCUT2D eigenvalue weighted by Gasteiger charge is -2.09. The third-order valence-electron chi connectivity index (χ3n) is 3.29. The Labute approximate surface area is 194 Å². The number of aldehydes is 1. The van der Waals surface area contributed by atoms with Crippen molar-refractivity contribution >= 4 is 6.29 Å². The van der Waals surface area contributed by atoms with Gasteiger partial charge in [0.2, 0.25) is 0 Å². The summed E-state index contributed by atoms with van der Waals surface area (Å²) in [5, 5.41) is 0. The Balaban J connectivity index is -0.0000000356. The minimum atomic E-state index is 0. The molecule has 0 radical (unpaired) electrons. The zero-order chi connectivity index (χ0) is 21.7. The summed E-state index contributed by atoms with van der Waals surface area (Å²) >= 11 is 0. The van der Waals surface area contributed by atoms with Gasteiger partial charge in [0.25, 0.3) is 0 Å². The van der Waals surface area contributed by atoms with E-state index < -0.39 is 0 Å². The molecule has 2 nitrogen and oxygen atoms in total. The van der Waals surface area contributed by atoms with Crippen LogP contribution in [0.1, 0.15) is 49.8 Å². The van der Waals surface area contributed by atoms with E-state index in [0.717, 1.165) is 19.1 Å². The SMILES string of the molecule is C#CC#CC#CC#CC#CC#CC#C.Cc1cc(CC(C)C)ccc1CCC=O.O.[HH].[HH].[HH].[HH].[HH].[HH].[HH].[HH].[HH]. The highest BCUT2D eigenvalue weighted by molar-refractivity contribution is 5.50. The molecule has 0 aliphatic heterocycles.